The Morgan fingerprint density at radius 3 is 1.31 bits per heavy atom. The van der Waals surface area contributed by atoms with Crippen LogP contribution < -0.4 is 9.30 Å². The van der Waals surface area contributed by atoms with Gasteiger partial charge < -0.3 is 4.74 Å². The summed E-state index contributed by atoms with van der Waals surface area (Å²) in [5.41, 5.74) is 19.4. The van der Waals surface area contributed by atoms with Crippen LogP contribution in [0.3, 0.4) is 0 Å². The van der Waals surface area contributed by atoms with Gasteiger partial charge in [0.05, 0.1) is 28.1 Å². The molecule has 0 saturated carbocycles. The normalized spacial score (nSPS) is 11.1. The highest BCUT2D eigenvalue weighted by molar-refractivity contribution is 5.91. The molecule has 0 bridgehead atoms. The van der Waals surface area contributed by atoms with E-state index in [-0.39, 0.29) is 0 Å². The number of para-hydroxylation sites is 3. The molecule has 0 radical (unpaired) electrons. The van der Waals surface area contributed by atoms with Gasteiger partial charge >= 0.3 is 0 Å². The SMILES string of the molecule is [c-]1n(-c2cccc(Oc3cccc(-c4ccccn4)c3)c2)c2ccccc2[n+]1-c1c(-c2cc(-c3ccccc3)cc(-c3ccccc3)c2)cccc1-c1cc(-c2ccccc2)cc(-c2ccccc2)c1. The third-order valence-electron chi connectivity index (χ3n) is 12.8. The first-order valence-electron chi connectivity index (χ1n) is 23.6. The number of fused-ring (bicyclic) bond motifs is 1. The van der Waals surface area contributed by atoms with Crippen molar-refractivity contribution < 1.29 is 9.30 Å². The molecule has 0 spiro atoms. The fourth-order valence-corrected chi connectivity index (χ4v) is 9.50. The van der Waals surface area contributed by atoms with Gasteiger partial charge in [0, 0.05) is 11.8 Å². The smallest absolute Gasteiger partial charge is 0.269 e. The molecule has 0 N–H and O–H groups in total. The number of imidazole rings is 1. The van der Waals surface area contributed by atoms with Crippen molar-refractivity contribution in [3.05, 3.63) is 279 Å². The molecule has 0 aliphatic carbocycles. The number of aromatic nitrogens is 3. The topological polar surface area (TPSA) is 30.9 Å². The van der Waals surface area contributed by atoms with Gasteiger partial charge in [0.15, 0.2) is 0 Å². The molecule has 0 unspecified atom stereocenters. The summed E-state index contributed by atoms with van der Waals surface area (Å²) in [6.07, 6.45) is 5.73. The minimum absolute atomic E-state index is 0.715. The number of hydrogen-bond donors (Lipinski definition) is 0. The van der Waals surface area contributed by atoms with Gasteiger partial charge in [-0.15, -0.1) is 0 Å². The van der Waals surface area contributed by atoms with E-state index in [2.05, 4.69) is 239 Å². The average Bonchev–Trinajstić information content (AvgIpc) is 3.83. The summed E-state index contributed by atoms with van der Waals surface area (Å²) in [7, 11) is 0. The van der Waals surface area contributed by atoms with Crippen molar-refractivity contribution in [2.75, 3.05) is 0 Å². The first-order valence-corrected chi connectivity index (χ1v) is 23.6. The first-order chi connectivity index (χ1) is 34.7. The zero-order chi connectivity index (χ0) is 46.6. The van der Waals surface area contributed by atoms with Gasteiger partial charge in [-0.2, -0.15) is 0 Å². The molecule has 0 amide bonds. The van der Waals surface area contributed by atoms with Gasteiger partial charge in [0.1, 0.15) is 11.5 Å². The molecular formula is C66H45N3O. The second-order valence-corrected chi connectivity index (χ2v) is 17.4. The standard InChI is InChI=1S/C66H45N3O/c1-5-20-47(21-6-1)52-38-53(48-22-7-2-8-23-48)41-56(40-52)61-32-19-33-62(57-42-54(49-24-9-3-10-25-49)39-55(43-57)50-26-11-4-12-27-50)66(61)69-46-68(64-35-13-14-36-65(64)69)58-29-18-31-60(45-58)70-59-30-17-28-51(44-59)63-34-15-16-37-67-63/h1-45H. The summed E-state index contributed by atoms with van der Waals surface area (Å²) in [6, 6.07) is 94.2. The Morgan fingerprint density at radius 1 is 0.343 bits per heavy atom. The zero-order valence-electron chi connectivity index (χ0n) is 38.2. The number of benzene rings is 10. The molecule has 12 aromatic rings. The summed E-state index contributed by atoms with van der Waals surface area (Å²) in [4.78, 5) is 4.57. The van der Waals surface area contributed by atoms with Gasteiger partial charge in [-0.25, -0.2) is 0 Å². The van der Waals surface area contributed by atoms with Crippen LogP contribution in [-0.2, 0) is 0 Å². The second kappa shape index (κ2) is 18.7. The largest absolute Gasteiger partial charge is 0.458 e. The quantitative estimate of drug-likeness (QED) is 0.0957. The zero-order valence-corrected chi connectivity index (χ0v) is 38.2. The fraction of sp³-hybridized carbons (Fsp3) is 0. The first kappa shape index (κ1) is 42.0. The van der Waals surface area contributed by atoms with E-state index in [1.807, 2.05) is 54.7 Å². The molecule has 0 aliphatic heterocycles. The van der Waals surface area contributed by atoms with Gasteiger partial charge in [-0.1, -0.05) is 188 Å². The minimum Gasteiger partial charge on any atom is -0.458 e. The Hall–Kier alpha value is -9.38. The maximum absolute atomic E-state index is 6.59. The fourth-order valence-electron chi connectivity index (χ4n) is 9.50. The lowest BCUT2D eigenvalue weighted by molar-refractivity contribution is -0.571. The summed E-state index contributed by atoms with van der Waals surface area (Å²) in [5.74, 6) is 1.45. The van der Waals surface area contributed by atoms with Crippen molar-refractivity contribution in [1.29, 1.82) is 0 Å². The van der Waals surface area contributed by atoms with Gasteiger partial charge in [-0.3, -0.25) is 14.1 Å². The van der Waals surface area contributed by atoms with Crippen molar-refractivity contribution >= 4 is 11.0 Å². The molecule has 0 aliphatic rings. The maximum Gasteiger partial charge on any atom is 0.269 e. The highest BCUT2D eigenvalue weighted by Crippen LogP contribution is 2.41. The summed E-state index contributed by atoms with van der Waals surface area (Å²) >= 11 is 0. The van der Waals surface area contributed by atoms with E-state index >= 15 is 0 Å². The molecule has 4 heteroatoms. The molecule has 0 atom stereocenters. The third-order valence-corrected chi connectivity index (χ3v) is 12.8. The average molecular weight is 896 g/mol. The summed E-state index contributed by atoms with van der Waals surface area (Å²) in [6.45, 7) is 0. The van der Waals surface area contributed by atoms with E-state index < -0.39 is 0 Å². The van der Waals surface area contributed by atoms with Crippen molar-refractivity contribution in [2.24, 2.45) is 0 Å². The maximum atomic E-state index is 6.59. The van der Waals surface area contributed by atoms with E-state index in [0.29, 0.717) is 5.75 Å². The van der Waals surface area contributed by atoms with Gasteiger partial charge in [0.2, 0.25) is 0 Å². The number of rotatable bonds is 11. The van der Waals surface area contributed by atoms with Crippen molar-refractivity contribution in [1.82, 2.24) is 9.55 Å². The van der Waals surface area contributed by atoms with E-state index in [1.54, 1.807) is 0 Å². The Labute approximate surface area is 408 Å². The number of hydrogen-bond acceptors (Lipinski definition) is 2. The predicted octanol–water partition coefficient (Wildman–Crippen LogP) is 16.6. The lowest BCUT2D eigenvalue weighted by Crippen LogP contribution is -2.31. The van der Waals surface area contributed by atoms with Crippen LogP contribution in [0.15, 0.2) is 273 Å². The van der Waals surface area contributed by atoms with Crippen molar-refractivity contribution in [3.63, 3.8) is 0 Å². The molecule has 330 valence electrons. The van der Waals surface area contributed by atoms with E-state index in [0.717, 1.165) is 106 Å². The monoisotopic (exact) mass is 895 g/mol. The van der Waals surface area contributed by atoms with Crippen LogP contribution in [0, 0.1) is 6.33 Å². The Morgan fingerprint density at radius 2 is 0.786 bits per heavy atom. The van der Waals surface area contributed by atoms with Gasteiger partial charge in [0.25, 0.3) is 6.33 Å². The van der Waals surface area contributed by atoms with Crippen LogP contribution in [-0.4, -0.2) is 9.55 Å². The summed E-state index contributed by atoms with van der Waals surface area (Å²) < 4.78 is 11.0. The molecule has 2 heterocycles. The van der Waals surface area contributed by atoms with Crippen LogP contribution >= 0.6 is 0 Å². The lowest BCUT2D eigenvalue weighted by atomic mass is 9.89. The van der Waals surface area contributed by atoms with Crippen LogP contribution in [0.5, 0.6) is 11.5 Å². The predicted molar refractivity (Wildman–Crippen MR) is 286 cm³/mol. The molecule has 0 fully saturated rings. The lowest BCUT2D eigenvalue weighted by Gasteiger charge is -2.20. The van der Waals surface area contributed by atoms with Crippen molar-refractivity contribution in [2.45, 2.75) is 0 Å². The number of ether oxygens (including phenoxy) is 1. The van der Waals surface area contributed by atoms with Crippen LogP contribution in [0.1, 0.15) is 0 Å². The van der Waals surface area contributed by atoms with Crippen LogP contribution in [0.2, 0.25) is 0 Å². The van der Waals surface area contributed by atoms with Crippen LogP contribution in [0.4, 0.5) is 0 Å². The molecule has 10 aromatic carbocycles. The van der Waals surface area contributed by atoms with E-state index in [1.165, 1.54) is 0 Å². The van der Waals surface area contributed by atoms with Gasteiger partial charge in [-0.05, 0) is 146 Å². The Bertz CT molecular complexity index is 3510. The van der Waals surface area contributed by atoms with E-state index in [4.69, 9.17) is 4.74 Å². The van der Waals surface area contributed by atoms with Crippen LogP contribution in [0.25, 0.3) is 100 Å². The molecule has 12 rings (SSSR count). The van der Waals surface area contributed by atoms with Crippen molar-refractivity contribution in [3.8, 4) is 101 Å². The third kappa shape index (κ3) is 8.47. The summed E-state index contributed by atoms with van der Waals surface area (Å²) in [5, 5.41) is 0. The van der Waals surface area contributed by atoms with E-state index in [9.17, 15) is 0 Å². The molecule has 70 heavy (non-hydrogen) atoms. The number of pyridine rings is 1. The highest BCUT2D eigenvalue weighted by Gasteiger charge is 2.22. The Balaban J connectivity index is 1.08. The molecule has 0 saturated heterocycles. The molecular weight excluding hydrogens is 851 g/mol. The second-order valence-electron chi connectivity index (χ2n) is 17.4. The number of nitrogens with zero attached hydrogens (tertiary/aromatic N) is 3. The highest BCUT2D eigenvalue weighted by atomic mass is 16.5. The minimum atomic E-state index is 0.715. The molecule has 2 aromatic heterocycles. The Kier molecular flexibility index (Phi) is 11.2. The molecule has 4 nitrogen and oxygen atoms in total.